The van der Waals surface area contributed by atoms with Crippen molar-refractivity contribution in [2.75, 3.05) is 23.7 Å². The first kappa shape index (κ1) is 30.6. The zero-order valence-corrected chi connectivity index (χ0v) is 24.9. The number of nitrogens with one attached hydrogen (secondary N) is 4. The fraction of sp³-hybridized carbons (Fsp3) is 0.438. The minimum Gasteiger partial charge on any atom is -0.336 e. The minimum atomic E-state index is -0.474. The molecule has 0 radical (unpaired) electrons. The van der Waals surface area contributed by atoms with Crippen LogP contribution in [0.2, 0.25) is 0 Å². The summed E-state index contributed by atoms with van der Waals surface area (Å²) in [6, 6.07) is 13.7. The number of nitrogens with zero attached hydrogens (tertiary/aromatic N) is 2. The third-order valence-electron chi connectivity index (χ3n) is 7.28. The van der Waals surface area contributed by atoms with E-state index in [2.05, 4.69) is 21.3 Å². The number of rotatable bonds is 8. The second kappa shape index (κ2) is 14.0. The predicted molar refractivity (Wildman–Crippen MR) is 166 cm³/mol. The second-order valence-electron chi connectivity index (χ2n) is 11.5. The largest absolute Gasteiger partial charge is 0.336 e. The van der Waals surface area contributed by atoms with Crippen molar-refractivity contribution in [1.82, 2.24) is 20.4 Å². The van der Waals surface area contributed by atoms with Crippen LogP contribution in [0, 0.1) is 0 Å². The summed E-state index contributed by atoms with van der Waals surface area (Å²) in [5.41, 5.74) is 3.28. The Kier molecular flexibility index (Phi) is 10.2. The van der Waals surface area contributed by atoms with Gasteiger partial charge in [-0.25, -0.2) is 9.59 Å². The van der Waals surface area contributed by atoms with Gasteiger partial charge in [-0.05, 0) is 88.8 Å². The Labute approximate surface area is 247 Å². The molecule has 42 heavy (non-hydrogen) atoms. The second-order valence-corrected chi connectivity index (χ2v) is 11.5. The van der Waals surface area contributed by atoms with Crippen molar-refractivity contribution >= 4 is 47.4 Å². The molecule has 2 aliphatic rings. The van der Waals surface area contributed by atoms with Gasteiger partial charge in [0, 0.05) is 36.5 Å². The van der Waals surface area contributed by atoms with Crippen LogP contribution >= 0.6 is 0 Å². The molecule has 10 heteroatoms. The summed E-state index contributed by atoms with van der Waals surface area (Å²) >= 11 is 0. The van der Waals surface area contributed by atoms with Crippen LogP contribution in [-0.4, -0.2) is 70.9 Å². The average molecular weight is 575 g/mol. The van der Waals surface area contributed by atoms with Gasteiger partial charge in [0.05, 0.1) is 0 Å². The molecule has 0 spiro atoms. The fourth-order valence-electron chi connectivity index (χ4n) is 5.22. The molecule has 10 nitrogen and oxygen atoms in total. The smallest absolute Gasteiger partial charge is 0.318 e. The Balaban J connectivity index is 1.28. The van der Waals surface area contributed by atoms with E-state index in [1.807, 2.05) is 88.4 Å². The monoisotopic (exact) mass is 574 g/mol. The van der Waals surface area contributed by atoms with Gasteiger partial charge in [-0.15, -0.1) is 0 Å². The minimum absolute atomic E-state index is 0.0135. The molecule has 0 aliphatic carbocycles. The van der Waals surface area contributed by atoms with Crippen LogP contribution in [0.25, 0.3) is 12.2 Å². The maximum Gasteiger partial charge on any atom is 0.318 e. The summed E-state index contributed by atoms with van der Waals surface area (Å²) in [6.07, 6.45) is 6.84. The van der Waals surface area contributed by atoms with Gasteiger partial charge in [-0.1, -0.05) is 36.4 Å². The summed E-state index contributed by atoms with van der Waals surface area (Å²) < 4.78 is 0. The number of carbonyl (C=O) groups is 4. The maximum atomic E-state index is 12.9. The van der Waals surface area contributed by atoms with E-state index in [0.717, 1.165) is 24.0 Å². The van der Waals surface area contributed by atoms with E-state index in [-0.39, 0.29) is 36.0 Å². The SMILES string of the molecule is CC(C)NC(=O)N1CCC[C@H]1C(=O)Nc1ccc(C=Cc2ccc(NC(=O)[C@@H]3CCCN3C(=O)NC(C)C)cc2)cc1. The average Bonchev–Trinajstić information content (AvgIpc) is 3.63. The van der Waals surface area contributed by atoms with Crippen LogP contribution in [0.5, 0.6) is 0 Å². The van der Waals surface area contributed by atoms with Crippen LogP contribution in [0.4, 0.5) is 21.0 Å². The molecule has 0 unspecified atom stereocenters. The van der Waals surface area contributed by atoms with E-state index in [1.165, 1.54) is 0 Å². The molecule has 6 amide bonds. The highest BCUT2D eigenvalue weighted by atomic mass is 16.2. The Hall–Kier alpha value is -4.34. The van der Waals surface area contributed by atoms with Gasteiger partial charge in [0.1, 0.15) is 12.1 Å². The highest BCUT2D eigenvalue weighted by Gasteiger charge is 2.35. The number of hydrogen-bond acceptors (Lipinski definition) is 4. The molecular weight excluding hydrogens is 532 g/mol. The van der Waals surface area contributed by atoms with Crippen LogP contribution < -0.4 is 21.3 Å². The molecular formula is C32H42N6O4. The molecule has 2 atom stereocenters. The number of benzene rings is 2. The van der Waals surface area contributed by atoms with E-state index < -0.39 is 12.1 Å². The van der Waals surface area contributed by atoms with E-state index in [1.54, 1.807) is 9.80 Å². The first-order valence-electron chi connectivity index (χ1n) is 14.7. The molecule has 4 N–H and O–H groups in total. The van der Waals surface area contributed by atoms with E-state index in [4.69, 9.17) is 0 Å². The number of hydrogen-bond donors (Lipinski definition) is 4. The molecule has 4 rings (SSSR count). The number of likely N-dealkylation sites (tertiary alicyclic amines) is 2. The standard InChI is InChI=1S/C32H42N6O4/c1-21(2)33-31(41)37-19-5-7-27(37)29(39)35-25-15-11-23(12-16-25)9-10-24-13-17-26(18-14-24)36-30(40)28-8-6-20-38(28)32(42)34-22(3)4/h9-18,21-22,27-28H,5-8,19-20H2,1-4H3,(H,33,41)(H,34,42)(H,35,39)(H,36,40)/t27-,28-/m0/s1. The Morgan fingerprint density at radius 2 is 1.00 bits per heavy atom. The molecule has 0 saturated carbocycles. The molecule has 2 heterocycles. The molecule has 0 bridgehead atoms. The quantitative estimate of drug-likeness (QED) is 0.335. The van der Waals surface area contributed by atoms with E-state index >= 15 is 0 Å². The summed E-state index contributed by atoms with van der Waals surface area (Å²) in [5, 5.41) is 11.6. The molecule has 224 valence electrons. The number of carbonyl (C=O) groups excluding carboxylic acids is 4. The lowest BCUT2D eigenvalue weighted by Crippen LogP contribution is -2.49. The van der Waals surface area contributed by atoms with Crippen molar-refractivity contribution in [3.8, 4) is 0 Å². The third-order valence-corrected chi connectivity index (χ3v) is 7.28. The number of amides is 6. The topological polar surface area (TPSA) is 123 Å². The first-order chi connectivity index (χ1) is 20.1. The molecule has 2 saturated heterocycles. The van der Waals surface area contributed by atoms with Gasteiger partial charge in [0.2, 0.25) is 11.8 Å². The summed E-state index contributed by atoms with van der Waals surface area (Å²) in [4.78, 5) is 53.8. The molecule has 2 aromatic rings. The summed E-state index contributed by atoms with van der Waals surface area (Å²) in [6.45, 7) is 8.74. The first-order valence-corrected chi connectivity index (χ1v) is 14.7. The van der Waals surface area contributed by atoms with Crippen molar-refractivity contribution in [1.29, 1.82) is 0 Å². The van der Waals surface area contributed by atoms with E-state index in [0.29, 0.717) is 37.3 Å². The van der Waals surface area contributed by atoms with Crippen molar-refractivity contribution in [3.63, 3.8) is 0 Å². The molecule has 2 aliphatic heterocycles. The van der Waals surface area contributed by atoms with Crippen molar-refractivity contribution in [2.45, 2.75) is 77.5 Å². The zero-order chi connectivity index (χ0) is 30.2. The molecule has 0 aromatic heterocycles. The zero-order valence-electron chi connectivity index (χ0n) is 24.9. The lowest BCUT2D eigenvalue weighted by atomic mass is 10.1. The van der Waals surface area contributed by atoms with Crippen molar-refractivity contribution in [2.24, 2.45) is 0 Å². The highest BCUT2D eigenvalue weighted by Crippen LogP contribution is 2.22. The third kappa shape index (κ3) is 8.11. The summed E-state index contributed by atoms with van der Waals surface area (Å²) in [5.74, 6) is -0.359. The van der Waals surface area contributed by atoms with Crippen molar-refractivity contribution < 1.29 is 19.2 Å². The Bertz CT molecular complexity index is 1190. The summed E-state index contributed by atoms with van der Waals surface area (Å²) in [7, 11) is 0. The maximum absolute atomic E-state index is 12.9. The predicted octanol–water partition coefficient (Wildman–Crippen LogP) is 4.90. The van der Waals surface area contributed by atoms with Crippen LogP contribution in [-0.2, 0) is 9.59 Å². The molecule has 2 aromatic carbocycles. The van der Waals surface area contributed by atoms with Gasteiger partial charge in [0.15, 0.2) is 0 Å². The van der Waals surface area contributed by atoms with Gasteiger partial charge in [-0.3, -0.25) is 9.59 Å². The van der Waals surface area contributed by atoms with Crippen LogP contribution in [0.1, 0.15) is 64.5 Å². The number of urea groups is 2. The van der Waals surface area contributed by atoms with Crippen molar-refractivity contribution in [3.05, 3.63) is 59.7 Å². The van der Waals surface area contributed by atoms with Gasteiger partial charge < -0.3 is 31.1 Å². The lowest BCUT2D eigenvalue weighted by Gasteiger charge is -2.25. The lowest BCUT2D eigenvalue weighted by molar-refractivity contribution is -0.120. The normalized spacial score (nSPS) is 18.5. The number of anilines is 2. The van der Waals surface area contributed by atoms with Crippen LogP contribution in [0.15, 0.2) is 48.5 Å². The van der Waals surface area contributed by atoms with E-state index in [9.17, 15) is 19.2 Å². The van der Waals surface area contributed by atoms with Gasteiger partial charge in [0.25, 0.3) is 0 Å². The fourth-order valence-corrected chi connectivity index (χ4v) is 5.22. The van der Waals surface area contributed by atoms with Crippen LogP contribution in [0.3, 0.4) is 0 Å². The Morgan fingerprint density at radius 1 is 0.643 bits per heavy atom. The van der Waals surface area contributed by atoms with Gasteiger partial charge in [-0.2, -0.15) is 0 Å². The highest BCUT2D eigenvalue weighted by molar-refractivity contribution is 5.98. The molecule has 2 fully saturated rings. The Morgan fingerprint density at radius 3 is 1.33 bits per heavy atom. The van der Waals surface area contributed by atoms with Gasteiger partial charge >= 0.3 is 12.1 Å².